The maximum atomic E-state index is 14.8. The average Bonchev–Trinajstić information content (AvgIpc) is 3.37. The third-order valence-electron chi connectivity index (χ3n) is 5.29. The topological polar surface area (TPSA) is 69.1 Å². The minimum absolute atomic E-state index is 0.139. The molecule has 1 aliphatic rings. The maximum Gasteiger partial charge on any atom is 0.278 e. The first-order valence-corrected chi connectivity index (χ1v) is 10.8. The van der Waals surface area contributed by atoms with Gasteiger partial charge < -0.3 is 4.52 Å². The highest BCUT2D eigenvalue weighted by atomic mass is 79.9. The summed E-state index contributed by atoms with van der Waals surface area (Å²) in [4.78, 5) is 14.0. The van der Waals surface area contributed by atoms with Crippen LogP contribution in [0.4, 0.5) is 4.39 Å². The molecule has 8 heteroatoms. The molecule has 5 rings (SSSR count). The Morgan fingerprint density at radius 2 is 1.94 bits per heavy atom. The average molecular weight is 480 g/mol. The summed E-state index contributed by atoms with van der Waals surface area (Å²) in [5.74, 6) is 0.799. The first kappa shape index (κ1) is 19.8. The molecule has 0 radical (unpaired) electrons. The molecule has 1 atom stereocenters. The van der Waals surface area contributed by atoms with E-state index in [2.05, 4.69) is 31.1 Å². The van der Waals surface area contributed by atoms with Crippen LogP contribution in [0.15, 0.2) is 62.8 Å². The molecule has 0 aliphatic carbocycles. The monoisotopic (exact) mass is 479 g/mol. The van der Waals surface area contributed by atoms with Gasteiger partial charge in [-0.25, -0.2) is 9.37 Å². The van der Waals surface area contributed by atoms with Gasteiger partial charge in [0, 0.05) is 21.5 Å². The third kappa shape index (κ3) is 3.31. The van der Waals surface area contributed by atoms with Gasteiger partial charge in [-0.3, -0.25) is 9.56 Å². The minimum atomic E-state index is -0.326. The zero-order chi connectivity index (χ0) is 21.7. The van der Waals surface area contributed by atoms with Gasteiger partial charge in [0.15, 0.2) is 11.5 Å². The number of rotatable bonds is 3. The Morgan fingerprint density at radius 1 is 1.13 bits per heavy atom. The van der Waals surface area contributed by atoms with E-state index < -0.39 is 0 Å². The number of hydrogen-bond donors (Lipinski definition) is 0. The van der Waals surface area contributed by atoms with E-state index in [-0.39, 0.29) is 17.8 Å². The molecule has 2 aromatic carbocycles. The van der Waals surface area contributed by atoms with Crippen molar-refractivity contribution in [3.8, 4) is 17.3 Å². The number of fused-ring (bicyclic) bond motifs is 3. The molecule has 0 bridgehead atoms. The smallest absolute Gasteiger partial charge is 0.278 e. The molecule has 4 aromatic rings. The van der Waals surface area contributed by atoms with Crippen molar-refractivity contribution in [2.75, 3.05) is 0 Å². The number of hydrogen-bond acceptors (Lipinski definition) is 5. The van der Waals surface area contributed by atoms with Crippen LogP contribution < -0.4 is 0 Å². The van der Waals surface area contributed by atoms with E-state index in [4.69, 9.17) is 9.52 Å². The summed E-state index contributed by atoms with van der Waals surface area (Å²) in [5.41, 5.74) is 4.10. The Kier molecular flexibility index (Phi) is 4.81. The molecule has 0 fully saturated rings. The number of aliphatic imine (C=N–C) groups is 1. The standard InChI is InChI=1S/C23H19BrFN5O/c1-12(2)22-28-23(31-29-22)20-21-13(3)27-19(15-6-4-5-7-17(15)25)16-10-14(24)8-9-18(16)30(21)11-26-20/h4-13H,1-3H3/t13-/m1/s1. The van der Waals surface area contributed by atoms with E-state index in [1.165, 1.54) is 6.07 Å². The van der Waals surface area contributed by atoms with Crippen molar-refractivity contribution in [1.82, 2.24) is 19.7 Å². The second kappa shape index (κ2) is 7.53. The summed E-state index contributed by atoms with van der Waals surface area (Å²) in [6, 6.07) is 12.2. The van der Waals surface area contributed by atoms with Gasteiger partial charge in [0.05, 0.1) is 23.1 Å². The number of aromatic nitrogens is 4. The van der Waals surface area contributed by atoms with Crippen LogP contribution >= 0.6 is 15.9 Å². The number of imidazole rings is 1. The van der Waals surface area contributed by atoms with Gasteiger partial charge in [0.1, 0.15) is 12.1 Å². The lowest BCUT2D eigenvalue weighted by Gasteiger charge is -2.12. The van der Waals surface area contributed by atoms with E-state index >= 15 is 0 Å². The third-order valence-corrected chi connectivity index (χ3v) is 5.78. The van der Waals surface area contributed by atoms with Crippen LogP contribution in [0.5, 0.6) is 0 Å². The second-order valence-corrected chi connectivity index (χ2v) is 8.67. The van der Waals surface area contributed by atoms with Gasteiger partial charge in [-0.2, -0.15) is 4.98 Å². The Hall–Kier alpha value is -3.13. The Bertz CT molecular complexity index is 1320. The zero-order valence-electron chi connectivity index (χ0n) is 17.2. The molecule has 0 N–H and O–H groups in total. The van der Waals surface area contributed by atoms with Crippen LogP contribution in [0.2, 0.25) is 0 Å². The van der Waals surface area contributed by atoms with Crippen molar-refractivity contribution >= 4 is 21.6 Å². The molecule has 31 heavy (non-hydrogen) atoms. The minimum Gasteiger partial charge on any atom is -0.332 e. The Balaban J connectivity index is 1.76. The quantitative estimate of drug-likeness (QED) is 0.369. The lowest BCUT2D eigenvalue weighted by atomic mass is 10.00. The first-order chi connectivity index (χ1) is 14.9. The molecule has 0 amide bonds. The summed E-state index contributed by atoms with van der Waals surface area (Å²) in [6.45, 7) is 5.96. The van der Waals surface area contributed by atoms with Gasteiger partial charge >= 0.3 is 0 Å². The van der Waals surface area contributed by atoms with Crippen molar-refractivity contribution in [2.24, 2.45) is 4.99 Å². The predicted molar refractivity (Wildman–Crippen MR) is 119 cm³/mol. The lowest BCUT2D eigenvalue weighted by Crippen LogP contribution is -2.09. The van der Waals surface area contributed by atoms with E-state index in [1.807, 2.05) is 49.6 Å². The highest BCUT2D eigenvalue weighted by Crippen LogP contribution is 2.37. The zero-order valence-corrected chi connectivity index (χ0v) is 18.8. The van der Waals surface area contributed by atoms with Crippen molar-refractivity contribution in [3.05, 3.63) is 81.7 Å². The van der Waals surface area contributed by atoms with Gasteiger partial charge in [-0.15, -0.1) is 0 Å². The number of nitrogens with zero attached hydrogens (tertiary/aromatic N) is 5. The SMILES string of the molecule is CC(C)c1noc(-c2ncn3c2[C@@H](C)N=C(c2ccccc2F)c2cc(Br)ccc2-3)n1. The van der Waals surface area contributed by atoms with E-state index in [0.717, 1.165) is 21.4 Å². The fourth-order valence-corrected chi connectivity index (χ4v) is 4.14. The molecule has 0 unspecified atom stereocenters. The van der Waals surface area contributed by atoms with Crippen LogP contribution in [0.3, 0.4) is 0 Å². The van der Waals surface area contributed by atoms with Gasteiger partial charge in [-0.1, -0.05) is 47.1 Å². The van der Waals surface area contributed by atoms with Gasteiger partial charge in [-0.05, 0) is 37.3 Å². The van der Waals surface area contributed by atoms with Crippen molar-refractivity contribution in [1.29, 1.82) is 0 Å². The Morgan fingerprint density at radius 3 is 2.68 bits per heavy atom. The van der Waals surface area contributed by atoms with Crippen LogP contribution in [-0.4, -0.2) is 25.4 Å². The van der Waals surface area contributed by atoms with E-state index in [9.17, 15) is 4.39 Å². The highest BCUT2D eigenvalue weighted by Gasteiger charge is 2.29. The van der Waals surface area contributed by atoms with Crippen molar-refractivity contribution in [2.45, 2.75) is 32.7 Å². The number of benzene rings is 2. The van der Waals surface area contributed by atoms with Crippen molar-refractivity contribution in [3.63, 3.8) is 0 Å². The predicted octanol–water partition coefficient (Wildman–Crippen LogP) is 5.86. The van der Waals surface area contributed by atoms with Crippen LogP contribution in [0.1, 0.15) is 55.4 Å². The van der Waals surface area contributed by atoms with E-state index in [0.29, 0.717) is 28.7 Å². The Labute approximate surface area is 187 Å². The second-order valence-electron chi connectivity index (χ2n) is 7.76. The molecule has 6 nitrogen and oxygen atoms in total. The fourth-order valence-electron chi connectivity index (χ4n) is 3.78. The lowest BCUT2D eigenvalue weighted by molar-refractivity contribution is 0.417. The highest BCUT2D eigenvalue weighted by molar-refractivity contribution is 9.10. The summed E-state index contributed by atoms with van der Waals surface area (Å²) in [6.07, 6.45) is 1.73. The molecular weight excluding hydrogens is 461 g/mol. The summed E-state index contributed by atoms with van der Waals surface area (Å²) >= 11 is 3.54. The first-order valence-electron chi connectivity index (χ1n) is 9.98. The largest absolute Gasteiger partial charge is 0.332 e. The molecule has 156 valence electrons. The van der Waals surface area contributed by atoms with Crippen LogP contribution in [-0.2, 0) is 0 Å². The van der Waals surface area contributed by atoms with E-state index in [1.54, 1.807) is 18.5 Å². The molecule has 3 heterocycles. The van der Waals surface area contributed by atoms with Gasteiger partial charge in [0.25, 0.3) is 5.89 Å². The molecule has 0 saturated carbocycles. The van der Waals surface area contributed by atoms with Crippen LogP contribution in [0.25, 0.3) is 17.3 Å². The summed E-state index contributed by atoms with van der Waals surface area (Å²) < 4.78 is 23.1. The normalized spacial score (nSPS) is 15.4. The molecule has 0 spiro atoms. The van der Waals surface area contributed by atoms with Crippen LogP contribution in [0, 0.1) is 5.82 Å². The van der Waals surface area contributed by atoms with Crippen molar-refractivity contribution < 1.29 is 8.91 Å². The molecule has 1 aliphatic heterocycles. The maximum absolute atomic E-state index is 14.8. The fraction of sp³-hybridized carbons (Fsp3) is 0.217. The molecule has 0 saturated heterocycles. The number of halogens is 2. The summed E-state index contributed by atoms with van der Waals surface area (Å²) in [5, 5.41) is 4.07. The van der Waals surface area contributed by atoms with Gasteiger partial charge in [0.2, 0.25) is 0 Å². The summed E-state index contributed by atoms with van der Waals surface area (Å²) in [7, 11) is 0. The molecule has 2 aromatic heterocycles. The molecular formula is C23H19BrFN5O.